The third kappa shape index (κ3) is 14.3. The van der Waals surface area contributed by atoms with Gasteiger partial charge in [0.15, 0.2) is 18.0 Å². The summed E-state index contributed by atoms with van der Waals surface area (Å²) in [6.45, 7) is 16.4. The maximum atomic E-state index is 15.9. The number of rotatable bonds is 18. The molecule has 3 N–H and O–H groups in total. The predicted octanol–water partition coefficient (Wildman–Crippen LogP) is 6.14. The van der Waals surface area contributed by atoms with E-state index in [9.17, 15) is 39.0 Å². The van der Waals surface area contributed by atoms with Crippen molar-refractivity contribution in [3.63, 3.8) is 0 Å². The zero-order valence-corrected chi connectivity index (χ0v) is 51.0. The number of carboxylic acids is 1. The fraction of sp³-hybridized carbons (Fsp3) is 0.672. The first-order chi connectivity index (χ1) is 40.3. The Balaban J connectivity index is 1.07. The number of aliphatic hydroxyl groups is 1. The van der Waals surface area contributed by atoms with Crippen LogP contribution in [0, 0.1) is 29.5 Å². The number of pyridine rings is 2. The number of ether oxygens (including phenoxy) is 7. The number of carboxylic acid groups (broad SMARTS) is 1. The number of anilines is 1. The highest BCUT2D eigenvalue weighted by Crippen LogP contribution is 2.44. The van der Waals surface area contributed by atoms with Crippen LogP contribution in [0.15, 0.2) is 46.7 Å². The van der Waals surface area contributed by atoms with Gasteiger partial charge in [0.2, 0.25) is 5.43 Å². The topological polar surface area (TPSA) is 269 Å². The standard InChI is InChI=1S/C61H86FN7O16/c1-13-47-61(8)54(84-59(77)85-61)35(4)49(65-79-24-14-15-38-26-39(31-64-30-38)55(73)63-9)33(2)29-60(7,78-12)53(83-58-51(72)46(66(10)11)25-34(3)80-58)36(5)52(37(6)57(76)81-47)82-48(70)18-19-67-20-22-68(23-21-67)45-28-44-41(27-43(45)62)50(71)42(56(74)75)32-69(44)40-16-17-40/h26-28,30-37,40,46-47,51-54,58,72H,13-25,29H2,1-12H3,(H,63,73)(H,74,75)/b65-49+/t33-,34-,35+,36+,37-,46+,47-,51-,52+,53-,54-,58+,60-,61-/m1/s1. The van der Waals surface area contributed by atoms with Gasteiger partial charge in [0.05, 0.1) is 52.6 Å². The van der Waals surface area contributed by atoms with Gasteiger partial charge >= 0.3 is 24.1 Å². The number of nitrogens with zero attached hydrogens (tertiary/aromatic N) is 6. The Morgan fingerprint density at radius 1 is 0.988 bits per heavy atom. The number of aromatic nitrogens is 2. The van der Waals surface area contributed by atoms with Crippen molar-refractivity contribution in [2.24, 2.45) is 28.8 Å². The first kappa shape index (κ1) is 64.7. The maximum absolute atomic E-state index is 15.9. The molecule has 0 unspecified atom stereocenters. The number of benzene rings is 1. The van der Waals surface area contributed by atoms with Gasteiger partial charge in [-0.15, -0.1) is 0 Å². The highest BCUT2D eigenvalue weighted by molar-refractivity contribution is 5.94. The number of halogens is 1. The number of aryl methyl sites for hydroxylation is 1. The zero-order valence-electron chi connectivity index (χ0n) is 51.0. The number of carbonyl (C=O) groups is 5. The molecule has 0 spiro atoms. The van der Waals surface area contributed by atoms with Gasteiger partial charge in [0.25, 0.3) is 5.91 Å². The summed E-state index contributed by atoms with van der Waals surface area (Å²) < 4.78 is 62.5. The maximum Gasteiger partial charge on any atom is 0.509 e. The molecule has 3 aromatic rings. The highest BCUT2D eigenvalue weighted by Gasteiger charge is 2.59. The van der Waals surface area contributed by atoms with E-state index in [-0.39, 0.29) is 67.6 Å². The highest BCUT2D eigenvalue weighted by atomic mass is 19.1. The molecule has 85 heavy (non-hydrogen) atoms. The number of likely N-dealkylation sites (N-methyl/N-ethyl adjacent to an activating group) is 1. The summed E-state index contributed by atoms with van der Waals surface area (Å²) in [6, 6.07) is 4.16. The van der Waals surface area contributed by atoms with Crippen molar-refractivity contribution in [1.82, 2.24) is 24.7 Å². The van der Waals surface area contributed by atoms with Crippen LogP contribution in [-0.2, 0) is 54.0 Å². The summed E-state index contributed by atoms with van der Waals surface area (Å²) >= 11 is 0. The minimum absolute atomic E-state index is 0.00797. The van der Waals surface area contributed by atoms with Crippen LogP contribution in [-0.4, -0.2) is 193 Å². The van der Waals surface area contributed by atoms with E-state index >= 15 is 4.39 Å². The number of esters is 2. The molecular weight excluding hydrogens is 1110 g/mol. The molecule has 468 valence electrons. The Hall–Kier alpha value is -6.31. The van der Waals surface area contributed by atoms with Crippen LogP contribution in [0.4, 0.5) is 14.9 Å². The molecule has 4 aliphatic heterocycles. The summed E-state index contributed by atoms with van der Waals surface area (Å²) in [7, 11) is 6.81. The molecule has 5 fully saturated rings. The van der Waals surface area contributed by atoms with E-state index in [4.69, 9.17) is 43.2 Å². The molecule has 1 saturated carbocycles. The lowest BCUT2D eigenvalue weighted by Gasteiger charge is -2.48. The van der Waals surface area contributed by atoms with Gasteiger partial charge in [-0.3, -0.25) is 29.1 Å². The van der Waals surface area contributed by atoms with Crippen LogP contribution in [0.5, 0.6) is 0 Å². The molecule has 5 aliphatic rings. The number of nitrogens with one attached hydrogen (secondary N) is 1. The monoisotopic (exact) mass is 1190 g/mol. The second kappa shape index (κ2) is 27.2. The Labute approximate surface area is 495 Å². The van der Waals surface area contributed by atoms with Crippen molar-refractivity contribution in [2.75, 3.05) is 72.5 Å². The summed E-state index contributed by atoms with van der Waals surface area (Å²) in [4.78, 5) is 96.3. The van der Waals surface area contributed by atoms with Crippen molar-refractivity contribution < 1.29 is 76.6 Å². The van der Waals surface area contributed by atoms with Gasteiger partial charge in [-0.1, -0.05) is 32.9 Å². The van der Waals surface area contributed by atoms with Crippen LogP contribution >= 0.6 is 0 Å². The van der Waals surface area contributed by atoms with Gasteiger partial charge in [-0.25, -0.2) is 14.0 Å². The average molecular weight is 1190 g/mol. The summed E-state index contributed by atoms with van der Waals surface area (Å²) in [5.74, 6) is -6.93. The smallest absolute Gasteiger partial charge is 0.477 e. The van der Waals surface area contributed by atoms with E-state index in [1.54, 1.807) is 57.6 Å². The van der Waals surface area contributed by atoms with Crippen molar-refractivity contribution in [3.8, 4) is 0 Å². The largest absolute Gasteiger partial charge is 0.509 e. The number of methoxy groups -OCH3 is 1. The van der Waals surface area contributed by atoms with Gasteiger partial charge < -0.3 is 67.9 Å². The minimum Gasteiger partial charge on any atom is -0.477 e. The van der Waals surface area contributed by atoms with E-state index in [0.29, 0.717) is 62.2 Å². The van der Waals surface area contributed by atoms with Crippen LogP contribution in [0.1, 0.15) is 133 Å². The first-order valence-electron chi connectivity index (χ1n) is 29.8. The first-order valence-corrected chi connectivity index (χ1v) is 29.8. The van der Waals surface area contributed by atoms with E-state index in [1.807, 2.05) is 56.5 Å². The lowest BCUT2D eigenvalue weighted by molar-refractivity contribution is -0.301. The third-order valence-corrected chi connectivity index (χ3v) is 18.0. The third-order valence-electron chi connectivity index (χ3n) is 18.0. The fourth-order valence-corrected chi connectivity index (χ4v) is 13.0. The molecule has 1 aromatic carbocycles. The molecule has 1 amide bonds. The average Bonchev–Trinajstić information content (AvgIpc) is 2.00. The molecule has 14 atom stereocenters. The molecule has 0 radical (unpaired) electrons. The molecule has 4 saturated heterocycles. The van der Waals surface area contributed by atoms with E-state index < -0.39 is 113 Å². The summed E-state index contributed by atoms with van der Waals surface area (Å²) in [6.07, 6.45) is -0.158. The number of cyclic esters (lactones) is 1. The normalized spacial score (nSPS) is 32.0. The van der Waals surface area contributed by atoms with E-state index in [2.05, 4.69) is 10.3 Å². The van der Waals surface area contributed by atoms with Gasteiger partial charge in [-0.05, 0) is 110 Å². The second-order valence-electron chi connectivity index (χ2n) is 24.4. The Kier molecular flexibility index (Phi) is 20.7. The minimum atomic E-state index is -1.54. The molecule has 0 bridgehead atoms. The number of piperazine rings is 1. The van der Waals surface area contributed by atoms with Crippen molar-refractivity contribution in [3.05, 3.63) is 69.5 Å². The van der Waals surface area contributed by atoms with Crippen molar-refractivity contribution >= 4 is 52.3 Å². The van der Waals surface area contributed by atoms with Gasteiger partial charge in [0.1, 0.15) is 36.3 Å². The van der Waals surface area contributed by atoms with Crippen LogP contribution in [0.3, 0.4) is 0 Å². The summed E-state index contributed by atoms with van der Waals surface area (Å²) in [5.41, 5.74) is -1.54. The molecule has 23 nitrogen and oxygen atoms in total. The molecule has 24 heteroatoms. The lowest BCUT2D eigenvalue weighted by Crippen LogP contribution is -2.60. The number of hydrogen-bond donors (Lipinski definition) is 3. The number of amides is 1. The molecule has 1 aliphatic carbocycles. The van der Waals surface area contributed by atoms with Crippen molar-refractivity contribution in [1.29, 1.82) is 0 Å². The Bertz CT molecular complexity index is 3010. The quantitative estimate of drug-likeness (QED) is 0.0559. The van der Waals surface area contributed by atoms with E-state index in [0.717, 1.165) is 24.5 Å². The van der Waals surface area contributed by atoms with Crippen molar-refractivity contribution in [2.45, 2.75) is 173 Å². The van der Waals surface area contributed by atoms with Gasteiger partial charge in [0, 0.05) is 101 Å². The Morgan fingerprint density at radius 3 is 2.35 bits per heavy atom. The van der Waals surface area contributed by atoms with Crippen LogP contribution < -0.4 is 15.6 Å². The molecular formula is C61H86FN7O16. The summed E-state index contributed by atoms with van der Waals surface area (Å²) in [5, 5.41) is 29.1. The molecule has 6 heterocycles. The number of hydrogen-bond acceptors (Lipinski definition) is 20. The number of fused-ring (bicyclic) bond motifs is 2. The SMILES string of the molecule is CC[C@H]1OC(=O)[C@H](C)[C@@H](OC(=O)CCN2CCN(c3cc4c(cc3F)c(=O)c(C(=O)O)cn4C3CC3)CC2)[C@H](C)[C@@H](O[C@@H]2O[C@H](C)C[C@H](N(C)C)[C@H]2O)[C@](C)(OC)C[C@@H](C)/C(=N\OCCCc2cncc(C(=O)NC)c2)[C@H](C)[C@H]2OC(=O)O[C@@]21C. The van der Waals surface area contributed by atoms with E-state index in [1.165, 1.54) is 19.5 Å². The number of aromatic carboxylic acids is 1. The van der Waals surface area contributed by atoms with Gasteiger partial charge in [-0.2, -0.15) is 0 Å². The molecule has 2 aromatic heterocycles. The Morgan fingerprint density at radius 2 is 1.71 bits per heavy atom. The van der Waals surface area contributed by atoms with Crippen LogP contribution in [0.25, 0.3) is 10.9 Å². The fourth-order valence-electron chi connectivity index (χ4n) is 13.0. The predicted molar refractivity (Wildman–Crippen MR) is 310 cm³/mol. The zero-order chi connectivity index (χ0) is 61.8. The van der Waals surface area contributed by atoms with Crippen LogP contribution in [0.2, 0.25) is 0 Å². The molecule has 8 rings (SSSR count). The number of aliphatic hydroxyl groups excluding tert-OH is 1. The number of oxime groups is 1. The number of carbonyl (C=O) groups excluding carboxylic acids is 4. The lowest BCUT2D eigenvalue weighted by atomic mass is 9.73. The second-order valence-corrected chi connectivity index (χ2v) is 24.4.